The van der Waals surface area contributed by atoms with Gasteiger partial charge in [0.2, 0.25) is 17.8 Å². The molecule has 1 saturated carbocycles. The third-order valence-electron chi connectivity index (χ3n) is 6.98. The number of benzene rings is 1. The van der Waals surface area contributed by atoms with Gasteiger partial charge in [0.05, 0.1) is 30.3 Å². The molecule has 1 aliphatic carbocycles. The fourth-order valence-electron chi connectivity index (χ4n) is 4.99. The summed E-state index contributed by atoms with van der Waals surface area (Å²) >= 11 is 0. The molecular formula is C24H32F2N8O. The molecule has 0 bridgehead atoms. The van der Waals surface area contributed by atoms with Gasteiger partial charge in [-0.1, -0.05) is 12.1 Å². The molecule has 188 valence electrons. The summed E-state index contributed by atoms with van der Waals surface area (Å²) < 4.78 is 35.0. The second-order valence-corrected chi connectivity index (χ2v) is 9.58. The number of para-hydroxylation sites is 2. The molecule has 3 aromatic rings. The average Bonchev–Trinajstić information content (AvgIpc) is 3.25. The van der Waals surface area contributed by atoms with Crippen LogP contribution in [0.2, 0.25) is 0 Å². The first-order valence-electron chi connectivity index (χ1n) is 12.2. The molecule has 0 spiro atoms. The fourth-order valence-corrected chi connectivity index (χ4v) is 4.99. The van der Waals surface area contributed by atoms with E-state index in [4.69, 9.17) is 9.72 Å². The average molecular weight is 487 g/mol. The SMILES string of the molecule is C[C@@H]1COCCN1c1nc(N[C@H]2CC[C@H](N(C)C)CC2)nc(-n2c(C(F)F)nc3ccccc32)n1. The molecule has 2 fully saturated rings. The van der Waals surface area contributed by atoms with E-state index in [0.29, 0.717) is 48.7 Å². The molecule has 11 heteroatoms. The van der Waals surface area contributed by atoms with Crippen LogP contribution in [0, 0.1) is 0 Å². The fraction of sp³-hybridized carbons (Fsp3) is 0.583. The lowest BCUT2D eigenvalue weighted by molar-refractivity contribution is 0.0980. The van der Waals surface area contributed by atoms with Crippen LogP contribution in [0.1, 0.15) is 44.9 Å². The van der Waals surface area contributed by atoms with Crippen molar-refractivity contribution < 1.29 is 13.5 Å². The van der Waals surface area contributed by atoms with Gasteiger partial charge in [0.15, 0.2) is 5.82 Å². The lowest BCUT2D eigenvalue weighted by Crippen LogP contribution is -2.45. The molecule has 3 heterocycles. The molecule has 1 atom stereocenters. The van der Waals surface area contributed by atoms with Gasteiger partial charge in [-0.25, -0.2) is 13.8 Å². The van der Waals surface area contributed by atoms with E-state index in [1.54, 1.807) is 24.3 Å². The monoisotopic (exact) mass is 486 g/mol. The van der Waals surface area contributed by atoms with Crippen molar-refractivity contribution in [3.63, 3.8) is 0 Å². The minimum absolute atomic E-state index is 0.0523. The molecular weight excluding hydrogens is 454 g/mol. The molecule has 5 rings (SSSR count). The number of ether oxygens (including phenoxy) is 1. The Labute approximate surface area is 203 Å². The summed E-state index contributed by atoms with van der Waals surface area (Å²) in [6.45, 7) is 3.76. The Kier molecular flexibility index (Phi) is 6.79. The Morgan fingerprint density at radius 1 is 1.03 bits per heavy atom. The van der Waals surface area contributed by atoms with E-state index in [9.17, 15) is 8.78 Å². The number of nitrogens with zero attached hydrogens (tertiary/aromatic N) is 7. The van der Waals surface area contributed by atoms with Crippen molar-refractivity contribution in [2.24, 2.45) is 0 Å². The highest BCUT2D eigenvalue weighted by Crippen LogP contribution is 2.29. The molecule has 2 aromatic heterocycles. The van der Waals surface area contributed by atoms with Gasteiger partial charge in [0.1, 0.15) is 0 Å². The van der Waals surface area contributed by atoms with Crippen LogP contribution in [0.25, 0.3) is 17.0 Å². The van der Waals surface area contributed by atoms with Crippen LogP contribution in [-0.4, -0.2) is 81.4 Å². The Bertz CT molecular complexity index is 1160. The summed E-state index contributed by atoms with van der Waals surface area (Å²) in [6.07, 6.45) is 1.37. The van der Waals surface area contributed by atoms with E-state index in [0.717, 1.165) is 25.7 Å². The number of fused-ring (bicyclic) bond motifs is 1. The highest BCUT2D eigenvalue weighted by molar-refractivity contribution is 5.77. The zero-order valence-electron chi connectivity index (χ0n) is 20.4. The Morgan fingerprint density at radius 3 is 2.49 bits per heavy atom. The molecule has 1 aromatic carbocycles. The zero-order valence-corrected chi connectivity index (χ0v) is 20.4. The predicted molar refractivity (Wildman–Crippen MR) is 130 cm³/mol. The number of nitrogens with one attached hydrogen (secondary N) is 1. The number of aromatic nitrogens is 5. The number of halogens is 2. The van der Waals surface area contributed by atoms with Gasteiger partial charge in [0, 0.05) is 18.6 Å². The van der Waals surface area contributed by atoms with E-state index in [1.165, 1.54) is 4.57 Å². The minimum atomic E-state index is -2.78. The van der Waals surface area contributed by atoms with Crippen LogP contribution in [0.5, 0.6) is 0 Å². The minimum Gasteiger partial charge on any atom is -0.377 e. The van der Waals surface area contributed by atoms with Gasteiger partial charge >= 0.3 is 0 Å². The maximum absolute atomic E-state index is 14.0. The van der Waals surface area contributed by atoms with Crippen LogP contribution in [-0.2, 0) is 4.74 Å². The number of rotatable bonds is 6. The number of alkyl halides is 2. The first kappa shape index (κ1) is 23.8. The maximum atomic E-state index is 14.0. The third kappa shape index (κ3) is 4.92. The lowest BCUT2D eigenvalue weighted by Gasteiger charge is -2.34. The first-order valence-corrected chi connectivity index (χ1v) is 12.2. The largest absolute Gasteiger partial charge is 0.377 e. The van der Waals surface area contributed by atoms with Gasteiger partial charge in [-0.05, 0) is 58.8 Å². The van der Waals surface area contributed by atoms with Gasteiger partial charge in [-0.3, -0.25) is 4.57 Å². The summed E-state index contributed by atoms with van der Waals surface area (Å²) in [5.74, 6) is 0.612. The Hall–Kier alpha value is -2.92. The number of hydrogen-bond acceptors (Lipinski definition) is 8. The van der Waals surface area contributed by atoms with Crippen LogP contribution < -0.4 is 10.2 Å². The standard InChI is InChI=1S/C24H32F2N8O/c1-15-14-35-13-12-33(15)23-29-22(27-16-8-10-17(11-9-16)32(2)3)30-24(31-23)34-19-7-5-4-6-18(19)28-21(34)20(25)26/h4-7,15-17,20H,8-14H2,1-3H3,(H,27,29,30,31)/t15-,16-,17-/m1/s1. The van der Waals surface area contributed by atoms with Crippen molar-refractivity contribution in [1.29, 1.82) is 0 Å². The van der Waals surface area contributed by atoms with Crippen LogP contribution >= 0.6 is 0 Å². The summed E-state index contributed by atoms with van der Waals surface area (Å²) in [5.41, 5.74) is 1.01. The quantitative estimate of drug-likeness (QED) is 0.565. The molecule has 1 saturated heterocycles. The van der Waals surface area contributed by atoms with Gasteiger partial charge in [-0.15, -0.1) is 0 Å². The van der Waals surface area contributed by atoms with E-state index in [1.807, 2.05) is 11.8 Å². The molecule has 35 heavy (non-hydrogen) atoms. The van der Waals surface area contributed by atoms with E-state index < -0.39 is 6.43 Å². The number of anilines is 2. The van der Waals surface area contributed by atoms with Crippen molar-refractivity contribution in [3.05, 3.63) is 30.1 Å². The van der Waals surface area contributed by atoms with Crippen LogP contribution in [0.4, 0.5) is 20.7 Å². The van der Waals surface area contributed by atoms with Gasteiger partial charge in [0.25, 0.3) is 6.43 Å². The van der Waals surface area contributed by atoms with Crippen molar-refractivity contribution >= 4 is 22.9 Å². The molecule has 0 amide bonds. The second-order valence-electron chi connectivity index (χ2n) is 9.58. The van der Waals surface area contributed by atoms with Crippen molar-refractivity contribution in [3.8, 4) is 5.95 Å². The molecule has 2 aliphatic rings. The van der Waals surface area contributed by atoms with Crippen LogP contribution in [0.3, 0.4) is 0 Å². The highest BCUT2D eigenvalue weighted by atomic mass is 19.3. The predicted octanol–water partition coefficient (Wildman–Crippen LogP) is 3.66. The molecule has 1 aliphatic heterocycles. The number of morpholine rings is 1. The maximum Gasteiger partial charge on any atom is 0.296 e. The van der Waals surface area contributed by atoms with Crippen LogP contribution in [0.15, 0.2) is 24.3 Å². The lowest BCUT2D eigenvalue weighted by atomic mass is 9.91. The van der Waals surface area contributed by atoms with Crippen molar-refractivity contribution in [2.75, 3.05) is 44.1 Å². The number of hydrogen-bond donors (Lipinski definition) is 1. The normalized spacial score (nSPS) is 23.4. The smallest absolute Gasteiger partial charge is 0.296 e. The Morgan fingerprint density at radius 2 is 1.77 bits per heavy atom. The topological polar surface area (TPSA) is 84.2 Å². The van der Waals surface area contributed by atoms with Crippen molar-refractivity contribution in [1.82, 2.24) is 29.4 Å². The summed E-state index contributed by atoms with van der Waals surface area (Å²) in [7, 11) is 4.23. The molecule has 0 radical (unpaired) electrons. The van der Waals surface area contributed by atoms with Gasteiger partial charge in [-0.2, -0.15) is 15.0 Å². The number of imidazole rings is 1. The van der Waals surface area contributed by atoms with E-state index >= 15 is 0 Å². The van der Waals surface area contributed by atoms with Gasteiger partial charge < -0.3 is 19.9 Å². The molecule has 0 unspecified atom stereocenters. The van der Waals surface area contributed by atoms with E-state index in [2.05, 4.69) is 39.3 Å². The summed E-state index contributed by atoms with van der Waals surface area (Å²) in [5, 5.41) is 3.47. The first-order chi connectivity index (χ1) is 16.9. The van der Waals surface area contributed by atoms with Crippen molar-refractivity contribution in [2.45, 2.75) is 57.2 Å². The zero-order chi connectivity index (χ0) is 24.5. The molecule has 1 N–H and O–H groups in total. The Balaban J connectivity index is 1.55. The third-order valence-corrected chi connectivity index (χ3v) is 6.98. The summed E-state index contributed by atoms with van der Waals surface area (Å²) in [6, 6.07) is 7.88. The second kappa shape index (κ2) is 9.98. The summed E-state index contributed by atoms with van der Waals surface area (Å²) in [4.78, 5) is 22.5. The molecule has 9 nitrogen and oxygen atoms in total. The highest BCUT2D eigenvalue weighted by Gasteiger charge is 2.28. The van der Waals surface area contributed by atoms with E-state index in [-0.39, 0.29) is 23.9 Å².